The lowest BCUT2D eigenvalue weighted by Crippen LogP contribution is -2.09. The first kappa shape index (κ1) is 42.8. The van der Waals surface area contributed by atoms with Crippen molar-refractivity contribution in [1.82, 2.24) is 0 Å². The first-order valence-corrected chi connectivity index (χ1v) is 22.6. The van der Waals surface area contributed by atoms with Crippen LogP contribution in [0.25, 0.3) is 34.9 Å². The van der Waals surface area contributed by atoms with Crippen molar-refractivity contribution in [2.75, 3.05) is 4.90 Å². The normalized spacial score (nSPS) is 11.7. The van der Waals surface area contributed by atoms with E-state index in [9.17, 15) is 0 Å². The Morgan fingerprint density at radius 3 is 0.985 bits per heavy atom. The Morgan fingerprint density at radius 1 is 0.333 bits per heavy atom. The molecule has 316 valence electrons. The molecular weight excluding hydrogens is 795 g/mol. The van der Waals surface area contributed by atoms with Crippen molar-refractivity contribution >= 4 is 52.0 Å². The predicted octanol–water partition coefficient (Wildman–Crippen LogP) is 16.9. The van der Waals surface area contributed by atoms with Gasteiger partial charge in [-0.25, -0.2) is 0 Å². The van der Waals surface area contributed by atoms with Crippen LogP contribution in [0.3, 0.4) is 0 Å². The molecule has 0 aliphatic carbocycles. The molecule has 0 fully saturated rings. The number of hydrogen-bond donors (Lipinski definition) is 0. The number of aryl methyl sites for hydroxylation is 2. The molecule has 9 aromatic rings. The third kappa shape index (κ3) is 10.3. The van der Waals surface area contributed by atoms with Gasteiger partial charge >= 0.3 is 0 Å². The molecule has 9 rings (SSSR count). The van der Waals surface area contributed by atoms with Crippen LogP contribution >= 0.6 is 0 Å². The van der Waals surface area contributed by atoms with E-state index < -0.39 is 0 Å². The van der Waals surface area contributed by atoms with Crippen LogP contribution in [-0.2, 0) is 0 Å². The zero-order valence-corrected chi connectivity index (χ0v) is 37.7. The summed E-state index contributed by atoms with van der Waals surface area (Å²) in [5.74, 6) is 6.30. The summed E-state index contributed by atoms with van der Waals surface area (Å²) in [4.78, 5) is 2.34. The lowest BCUT2D eigenvalue weighted by Gasteiger charge is -2.26. The minimum Gasteiger partial charge on any atom is -0.311 e. The number of benzene rings is 9. The molecule has 1 heteroatoms. The molecule has 0 saturated carbocycles. The smallest absolute Gasteiger partial charge is 0.0462 e. The second-order valence-electron chi connectivity index (χ2n) is 16.6. The van der Waals surface area contributed by atoms with Gasteiger partial charge in [0.1, 0.15) is 0 Å². The van der Waals surface area contributed by atoms with Crippen LogP contribution in [0.2, 0.25) is 0 Å². The number of rotatable bonds is 12. The van der Waals surface area contributed by atoms with Crippen LogP contribution in [0.1, 0.15) is 73.7 Å². The summed E-state index contributed by atoms with van der Waals surface area (Å²) in [6, 6.07) is 84.7. The van der Waals surface area contributed by atoms with Gasteiger partial charge in [-0.2, -0.15) is 0 Å². The van der Waals surface area contributed by atoms with Crippen LogP contribution in [0, 0.1) is 25.7 Å². The highest BCUT2D eigenvalue weighted by Gasteiger charge is 2.15. The molecule has 0 heterocycles. The number of anilines is 3. The predicted molar refractivity (Wildman–Crippen MR) is 283 cm³/mol. The summed E-state index contributed by atoms with van der Waals surface area (Å²) < 4.78 is 0. The molecule has 0 radical (unpaired) electrons. The van der Waals surface area contributed by atoms with Crippen molar-refractivity contribution in [2.24, 2.45) is 0 Å². The molecule has 0 amide bonds. The summed E-state index contributed by atoms with van der Waals surface area (Å²) in [7, 11) is 0. The summed E-state index contributed by atoms with van der Waals surface area (Å²) in [5, 5.41) is 0. The Labute approximate surface area is 391 Å². The molecule has 0 saturated heterocycles. The zero-order valence-electron chi connectivity index (χ0n) is 37.7. The van der Waals surface area contributed by atoms with Gasteiger partial charge in [0.05, 0.1) is 0 Å². The first-order chi connectivity index (χ1) is 32.5. The molecule has 0 N–H and O–H groups in total. The van der Waals surface area contributed by atoms with Gasteiger partial charge in [-0.05, 0) is 154 Å². The van der Waals surface area contributed by atoms with Crippen molar-refractivity contribution in [2.45, 2.75) is 20.8 Å². The maximum atomic E-state index is 3.24. The largest absolute Gasteiger partial charge is 0.311 e. The van der Waals surface area contributed by atoms with Crippen molar-refractivity contribution in [3.8, 4) is 11.8 Å². The van der Waals surface area contributed by atoms with E-state index in [4.69, 9.17) is 0 Å². The fourth-order valence-electron chi connectivity index (χ4n) is 8.49. The average molecular weight is 846 g/mol. The standard InChI is InChI=1S/C65H51N/c1-4-17-50-20-16-29-59(44-50)65(56-25-12-7-13-26-56)47-53-34-40-62(41-35-53)66(60-36-30-51(31-37-60)45-63(54-21-8-5-9-22-54)57-27-14-18-48(2)42-57)61-38-32-52(33-39-61)46-64(55-23-10-6-11-24-55)58-28-15-19-49(3)43-58/h5-16,18-47H,1-3H3. The van der Waals surface area contributed by atoms with E-state index in [1.54, 1.807) is 0 Å². The highest BCUT2D eigenvalue weighted by Crippen LogP contribution is 2.37. The second-order valence-corrected chi connectivity index (χ2v) is 16.6. The topological polar surface area (TPSA) is 3.24 Å². The van der Waals surface area contributed by atoms with E-state index in [-0.39, 0.29) is 0 Å². The van der Waals surface area contributed by atoms with Crippen LogP contribution in [0.5, 0.6) is 0 Å². The number of hydrogen-bond acceptors (Lipinski definition) is 1. The first-order valence-electron chi connectivity index (χ1n) is 22.6. The minimum absolute atomic E-state index is 1.00. The fourth-order valence-corrected chi connectivity index (χ4v) is 8.49. The van der Waals surface area contributed by atoms with Gasteiger partial charge < -0.3 is 4.90 Å². The van der Waals surface area contributed by atoms with Crippen molar-refractivity contribution < 1.29 is 0 Å². The lowest BCUT2D eigenvalue weighted by atomic mass is 9.94. The van der Waals surface area contributed by atoms with Gasteiger partial charge in [0, 0.05) is 22.6 Å². The minimum atomic E-state index is 1.00. The van der Waals surface area contributed by atoms with Crippen LogP contribution in [0.15, 0.2) is 237 Å². The average Bonchev–Trinajstić information content (AvgIpc) is 3.36. The fraction of sp³-hybridized carbons (Fsp3) is 0.0462. The molecule has 0 aromatic heterocycles. The molecule has 0 spiro atoms. The maximum absolute atomic E-state index is 3.24. The Bertz CT molecular complexity index is 3070. The van der Waals surface area contributed by atoms with E-state index >= 15 is 0 Å². The molecule has 66 heavy (non-hydrogen) atoms. The van der Waals surface area contributed by atoms with Gasteiger partial charge in [-0.1, -0.05) is 205 Å². The van der Waals surface area contributed by atoms with Gasteiger partial charge in [-0.15, -0.1) is 5.92 Å². The second kappa shape index (κ2) is 20.4. The number of nitrogens with zero attached hydrogens (tertiary/aromatic N) is 1. The highest BCUT2D eigenvalue weighted by atomic mass is 15.1. The zero-order chi connectivity index (χ0) is 45.1. The third-order valence-corrected chi connectivity index (χ3v) is 11.7. The SMILES string of the molecule is CC#Cc1cccc(C(=Cc2ccc(N(c3ccc(C=C(c4ccccc4)c4cccc(C)c4)cc3)c3ccc(C=C(c4ccccc4)c4cccc(C)c4)cc3)cc2)c2ccccc2)c1. The van der Waals surface area contributed by atoms with Crippen molar-refractivity contribution in [3.05, 3.63) is 303 Å². The Balaban J connectivity index is 1.12. The van der Waals surface area contributed by atoms with Gasteiger partial charge in [0.15, 0.2) is 0 Å². The van der Waals surface area contributed by atoms with E-state index in [0.29, 0.717) is 0 Å². The highest BCUT2D eigenvalue weighted by molar-refractivity contribution is 5.94. The molecule has 0 aliphatic heterocycles. The molecule has 9 aromatic carbocycles. The summed E-state index contributed by atoms with van der Waals surface area (Å²) in [6.45, 7) is 6.18. The monoisotopic (exact) mass is 845 g/mol. The van der Waals surface area contributed by atoms with Crippen LogP contribution in [0.4, 0.5) is 17.1 Å². The van der Waals surface area contributed by atoms with E-state index in [0.717, 1.165) is 56.0 Å². The quantitative estimate of drug-likeness (QED) is 0.0875. The Kier molecular flexibility index (Phi) is 13.2. The summed E-state index contributed by atoms with van der Waals surface area (Å²) >= 11 is 0. The van der Waals surface area contributed by atoms with Gasteiger partial charge in [-0.3, -0.25) is 0 Å². The molecular formula is C65H51N. The Morgan fingerprint density at radius 2 is 0.652 bits per heavy atom. The van der Waals surface area contributed by atoms with E-state index in [1.807, 2.05) is 6.92 Å². The molecule has 0 aliphatic rings. The van der Waals surface area contributed by atoms with Gasteiger partial charge in [0.25, 0.3) is 0 Å². The lowest BCUT2D eigenvalue weighted by molar-refractivity contribution is 1.28. The maximum Gasteiger partial charge on any atom is 0.0462 e. The summed E-state index contributed by atoms with van der Waals surface area (Å²) in [5.41, 5.74) is 20.6. The molecule has 0 atom stereocenters. The molecule has 0 unspecified atom stereocenters. The van der Waals surface area contributed by atoms with E-state index in [2.05, 4.69) is 285 Å². The van der Waals surface area contributed by atoms with E-state index in [1.165, 1.54) is 44.5 Å². The summed E-state index contributed by atoms with van der Waals surface area (Å²) in [6.07, 6.45) is 6.88. The van der Waals surface area contributed by atoms with Crippen molar-refractivity contribution in [1.29, 1.82) is 0 Å². The Hall–Kier alpha value is -8.44. The van der Waals surface area contributed by atoms with Crippen molar-refractivity contribution in [3.63, 3.8) is 0 Å². The molecule has 0 bridgehead atoms. The molecule has 1 nitrogen and oxygen atoms in total. The van der Waals surface area contributed by atoms with Gasteiger partial charge in [0.2, 0.25) is 0 Å². The third-order valence-electron chi connectivity index (χ3n) is 11.7. The van der Waals surface area contributed by atoms with Crippen LogP contribution in [-0.4, -0.2) is 0 Å². The van der Waals surface area contributed by atoms with Crippen LogP contribution < -0.4 is 4.90 Å².